The largest absolute Gasteiger partial charge is 0.462 e. The summed E-state index contributed by atoms with van der Waals surface area (Å²) in [5.41, 5.74) is 0.0726. The van der Waals surface area contributed by atoms with Gasteiger partial charge in [0.05, 0.1) is 6.61 Å². The van der Waals surface area contributed by atoms with Crippen LogP contribution in [-0.4, -0.2) is 17.6 Å². The molecule has 0 amide bonds. The Morgan fingerprint density at radius 1 is 1.67 bits per heavy atom. The third-order valence-electron chi connectivity index (χ3n) is 1.37. The second-order valence-electron chi connectivity index (χ2n) is 2.36. The topological polar surface area (TPSA) is 62.0 Å². The van der Waals surface area contributed by atoms with Crippen LogP contribution in [-0.2, 0) is 9.84 Å². The third-order valence-corrected chi connectivity index (χ3v) is 1.37. The molecule has 1 rings (SSSR count). The van der Waals surface area contributed by atoms with Crippen LogP contribution >= 0.6 is 0 Å². The van der Waals surface area contributed by atoms with Gasteiger partial charge in [-0.15, -0.1) is 0 Å². The minimum absolute atomic E-state index is 0.0726. The highest BCUT2D eigenvalue weighted by Gasteiger charge is 2.13. The first-order valence-electron chi connectivity index (χ1n) is 3.77. The first-order chi connectivity index (χ1) is 5.75. The van der Waals surface area contributed by atoms with Crippen LogP contribution in [0.15, 0.2) is 12.3 Å². The lowest BCUT2D eigenvalue weighted by Crippen LogP contribution is -2.04. The summed E-state index contributed by atoms with van der Waals surface area (Å²) in [6, 6.07) is 1.42. The molecular weight excluding hydrogens is 158 g/mol. The zero-order valence-electron chi connectivity index (χ0n) is 6.79. The van der Waals surface area contributed by atoms with Crippen molar-refractivity contribution in [2.75, 3.05) is 6.61 Å². The molecule has 0 aliphatic carbocycles. The number of hydrogen-bond donors (Lipinski definition) is 1. The molecule has 0 bridgehead atoms. The monoisotopic (exact) mass is 168 g/mol. The lowest BCUT2D eigenvalue weighted by Gasteiger charge is -1.99. The van der Waals surface area contributed by atoms with Gasteiger partial charge in [-0.25, -0.2) is 4.79 Å². The predicted octanol–water partition coefficient (Wildman–Crippen LogP) is 1.73. The van der Waals surface area contributed by atoms with Gasteiger partial charge >= 0.3 is 5.97 Å². The molecule has 1 N–H and O–H groups in total. The Hall–Kier alpha value is -1.45. The van der Waals surface area contributed by atoms with Crippen molar-refractivity contribution in [2.45, 2.75) is 13.3 Å². The maximum absolute atomic E-state index is 11.0. The molecule has 0 fully saturated rings. The van der Waals surface area contributed by atoms with E-state index in [2.05, 4.69) is 4.98 Å². The number of aromatic nitrogens is 1. The molecule has 0 saturated carbocycles. The van der Waals surface area contributed by atoms with Crippen molar-refractivity contribution in [3.8, 4) is 5.88 Å². The number of hydrogen-bond acceptors (Lipinski definition) is 2. The molecule has 4 heteroatoms. The SMILES string of the molecule is CCCOC(=O)c1cc[nH]c1[O]. The van der Waals surface area contributed by atoms with Gasteiger partial charge in [0.25, 0.3) is 5.88 Å². The predicted molar refractivity (Wildman–Crippen MR) is 41.5 cm³/mol. The number of esters is 1. The van der Waals surface area contributed by atoms with E-state index in [0.29, 0.717) is 6.61 Å². The van der Waals surface area contributed by atoms with Gasteiger partial charge in [-0.1, -0.05) is 6.92 Å². The Kier molecular flexibility index (Phi) is 2.74. The molecule has 0 aliphatic rings. The van der Waals surface area contributed by atoms with Gasteiger partial charge in [-0.3, -0.25) is 5.11 Å². The summed E-state index contributed by atoms with van der Waals surface area (Å²) in [5, 5.41) is 10.9. The fourth-order valence-electron chi connectivity index (χ4n) is 0.787. The van der Waals surface area contributed by atoms with Crippen LogP contribution in [0.25, 0.3) is 0 Å². The molecule has 0 spiro atoms. The summed E-state index contributed by atoms with van der Waals surface area (Å²) in [4.78, 5) is 13.4. The van der Waals surface area contributed by atoms with E-state index in [9.17, 15) is 9.90 Å². The summed E-state index contributed by atoms with van der Waals surface area (Å²) in [7, 11) is 0. The van der Waals surface area contributed by atoms with Crippen LogP contribution in [0.1, 0.15) is 23.7 Å². The highest BCUT2D eigenvalue weighted by Crippen LogP contribution is 2.15. The maximum Gasteiger partial charge on any atom is 0.343 e. The van der Waals surface area contributed by atoms with Crippen molar-refractivity contribution in [1.29, 1.82) is 0 Å². The Morgan fingerprint density at radius 2 is 2.42 bits per heavy atom. The van der Waals surface area contributed by atoms with E-state index in [-0.39, 0.29) is 5.56 Å². The van der Waals surface area contributed by atoms with Crippen molar-refractivity contribution in [3.05, 3.63) is 17.8 Å². The minimum Gasteiger partial charge on any atom is -0.462 e. The number of H-pyrrole nitrogens is 1. The average Bonchev–Trinajstić information content (AvgIpc) is 2.47. The zero-order valence-corrected chi connectivity index (χ0v) is 6.79. The van der Waals surface area contributed by atoms with Crippen molar-refractivity contribution in [1.82, 2.24) is 4.98 Å². The van der Waals surface area contributed by atoms with Gasteiger partial charge < -0.3 is 9.72 Å². The van der Waals surface area contributed by atoms with E-state index < -0.39 is 11.8 Å². The van der Waals surface area contributed by atoms with Crippen LogP contribution in [0.4, 0.5) is 0 Å². The number of rotatable bonds is 3. The van der Waals surface area contributed by atoms with Gasteiger partial charge in [0, 0.05) is 6.20 Å². The maximum atomic E-state index is 11.0. The average molecular weight is 168 g/mol. The third kappa shape index (κ3) is 1.78. The Labute approximate surface area is 70.2 Å². The standard InChI is InChI=1S/C8H10NO3/c1-2-5-12-8(11)6-3-4-9-7(6)10/h3-4,9H,2,5H2,1H3. The lowest BCUT2D eigenvalue weighted by molar-refractivity contribution is 0.0500. The van der Waals surface area contributed by atoms with Crippen LogP contribution in [0.3, 0.4) is 0 Å². The lowest BCUT2D eigenvalue weighted by atomic mass is 10.3. The molecular formula is C8H10NO3. The quantitative estimate of drug-likeness (QED) is 0.698. The molecule has 65 valence electrons. The summed E-state index contributed by atoms with van der Waals surface area (Å²) in [6.45, 7) is 2.24. The first-order valence-corrected chi connectivity index (χ1v) is 3.77. The molecule has 1 radical (unpaired) electrons. The Bertz CT molecular complexity index is 267. The van der Waals surface area contributed by atoms with Gasteiger partial charge in [-0.2, -0.15) is 0 Å². The molecule has 0 aliphatic heterocycles. The van der Waals surface area contributed by atoms with Crippen molar-refractivity contribution in [3.63, 3.8) is 0 Å². The molecule has 0 aromatic carbocycles. The number of carbonyl (C=O) groups is 1. The minimum atomic E-state index is -0.553. The molecule has 0 saturated heterocycles. The summed E-state index contributed by atoms with van der Waals surface area (Å²) >= 11 is 0. The molecule has 4 nitrogen and oxygen atoms in total. The first kappa shape index (κ1) is 8.64. The number of aromatic amines is 1. The van der Waals surface area contributed by atoms with E-state index in [1.807, 2.05) is 6.92 Å². The van der Waals surface area contributed by atoms with Gasteiger partial charge in [-0.05, 0) is 12.5 Å². The molecule has 1 aromatic rings. The van der Waals surface area contributed by atoms with E-state index in [1.54, 1.807) is 0 Å². The van der Waals surface area contributed by atoms with E-state index >= 15 is 0 Å². The molecule has 12 heavy (non-hydrogen) atoms. The summed E-state index contributed by atoms with van der Waals surface area (Å²) < 4.78 is 4.76. The van der Waals surface area contributed by atoms with Crippen LogP contribution in [0.2, 0.25) is 0 Å². The highest BCUT2D eigenvalue weighted by atomic mass is 16.5. The Morgan fingerprint density at radius 3 is 2.92 bits per heavy atom. The van der Waals surface area contributed by atoms with E-state index in [1.165, 1.54) is 12.3 Å². The second-order valence-corrected chi connectivity index (χ2v) is 2.36. The van der Waals surface area contributed by atoms with Crippen molar-refractivity contribution in [2.24, 2.45) is 0 Å². The van der Waals surface area contributed by atoms with Crippen LogP contribution in [0.5, 0.6) is 5.88 Å². The number of carbonyl (C=O) groups excluding carboxylic acids is 1. The van der Waals surface area contributed by atoms with Crippen molar-refractivity contribution >= 4 is 5.97 Å². The zero-order chi connectivity index (χ0) is 8.97. The number of nitrogens with one attached hydrogen (secondary N) is 1. The molecule has 0 atom stereocenters. The summed E-state index contributed by atoms with van der Waals surface area (Å²) in [5.74, 6) is -0.945. The highest BCUT2D eigenvalue weighted by molar-refractivity contribution is 5.91. The fourth-order valence-corrected chi connectivity index (χ4v) is 0.787. The van der Waals surface area contributed by atoms with Crippen LogP contribution < -0.4 is 0 Å². The normalized spacial score (nSPS) is 9.75. The smallest absolute Gasteiger partial charge is 0.343 e. The van der Waals surface area contributed by atoms with E-state index in [4.69, 9.17) is 4.74 Å². The fraction of sp³-hybridized carbons (Fsp3) is 0.375. The van der Waals surface area contributed by atoms with Crippen molar-refractivity contribution < 1.29 is 14.6 Å². The van der Waals surface area contributed by atoms with Crippen LogP contribution in [0, 0.1) is 0 Å². The molecule has 1 heterocycles. The second kappa shape index (κ2) is 3.80. The van der Waals surface area contributed by atoms with Gasteiger partial charge in [0.2, 0.25) is 0 Å². The molecule has 0 unspecified atom stereocenters. The summed E-state index contributed by atoms with van der Waals surface area (Å²) in [6.07, 6.45) is 2.18. The van der Waals surface area contributed by atoms with E-state index in [0.717, 1.165) is 6.42 Å². The van der Waals surface area contributed by atoms with Gasteiger partial charge in [0.15, 0.2) is 0 Å². The Balaban J connectivity index is 2.59. The molecule has 1 aromatic heterocycles. The van der Waals surface area contributed by atoms with Gasteiger partial charge in [0.1, 0.15) is 5.56 Å². The number of ether oxygens (including phenoxy) is 1.